The fraction of sp³-hybridized carbons (Fsp3) is 0.462. The molecule has 0 aromatic heterocycles. The number of nitrogens with zero attached hydrogens (tertiary/aromatic N) is 1. The smallest absolute Gasteiger partial charge is 0.317 e. The minimum absolute atomic E-state index is 0. The van der Waals surface area contributed by atoms with Gasteiger partial charge in [-0.15, -0.1) is 12.4 Å². The Morgan fingerprint density at radius 2 is 1.63 bits per heavy atom. The molecule has 1 aromatic carbocycles. The molecule has 0 spiro atoms. The largest absolute Gasteiger partial charge is 0.416 e. The molecule has 0 amide bonds. The molecule has 1 fully saturated rings. The van der Waals surface area contributed by atoms with Crippen LogP contribution in [0.5, 0.6) is 0 Å². The van der Waals surface area contributed by atoms with Crippen molar-refractivity contribution < 1.29 is 13.2 Å². The Bertz CT molecular complexity index is 456. The monoisotopic (exact) mass is 290 g/mol. The van der Waals surface area contributed by atoms with Crippen molar-refractivity contribution in [2.45, 2.75) is 24.4 Å². The molecule has 0 unspecified atom stereocenters. The zero-order chi connectivity index (χ0) is 13.2. The van der Waals surface area contributed by atoms with Crippen LogP contribution in [0.25, 0.3) is 0 Å². The highest BCUT2D eigenvalue weighted by molar-refractivity contribution is 5.85. The molecule has 0 aliphatic carbocycles. The number of nitrogens with one attached hydrogen (secondary N) is 1. The second-order valence-electron chi connectivity index (χ2n) is 4.52. The second-order valence-corrected chi connectivity index (χ2v) is 4.52. The lowest BCUT2D eigenvalue weighted by Crippen LogP contribution is -2.38. The number of rotatable bonds is 1. The van der Waals surface area contributed by atoms with Gasteiger partial charge in [0.1, 0.15) is 0 Å². The summed E-state index contributed by atoms with van der Waals surface area (Å²) in [5, 5.41) is 12.5. The fourth-order valence-corrected chi connectivity index (χ4v) is 2.30. The standard InChI is InChI=1S/C13H13F3N2.ClH/c14-13(15,16)11-3-1-10(2-4-11)12(9-17)5-7-18-8-6-12;/h1-4,18H,5-8H2;1H. The molecule has 1 heterocycles. The molecule has 0 bridgehead atoms. The maximum Gasteiger partial charge on any atom is 0.416 e. The van der Waals surface area contributed by atoms with Gasteiger partial charge in [-0.2, -0.15) is 18.4 Å². The molecule has 19 heavy (non-hydrogen) atoms. The van der Waals surface area contributed by atoms with Crippen LogP contribution < -0.4 is 5.32 Å². The molecule has 0 radical (unpaired) electrons. The zero-order valence-corrected chi connectivity index (χ0v) is 10.9. The van der Waals surface area contributed by atoms with Crippen LogP contribution in [0.4, 0.5) is 13.2 Å². The molecular formula is C13H14ClF3N2. The van der Waals surface area contributed by atoms with E-state index in [2.05, 4.69) is 11.4 Å². The highest BCUT2D eigenvalue weighted by Crippen LogP contribution is 2.35. The summed E-state index contributed by atoms with van der Waals surface area (Å²) in [6.45, 7) is 1.43. The SMILES string of the molecule is Cl.N#CC1(c2ccc(C(F)(F)F)cc2)CCNCC1. The molecular weight excluding hydrogens is 277 g/mol. The van der Waals surface area contributed by atoms with Crippen molar-refractivity contribution >= 4 is 12.4 Å². The Hall–Kier alpha value is -1.25. The van der Waals surface area contributed by atoms with E-state index < -0.39 is 17.2 Å². The number of alkyl halides is 3. The molecule has 0 atom stereocenters. The van der Waals surface area contributed by atoms with Crippen molar-refractivity contribution in [2.24, 2.45) is 0 Å². The van der Waals surface area contributed by atoms with Crippen molar-refractivity contribution in [1.82, 2.24) is 5.32 Å². The number of hydrogen-bond acceptors (Lipinski definition) is 2. The van der Waals surface area contributed by atoms with Crippen LogP contribution >= 0.6 is 12.4 Å². The lowest BCUT2D eigenvalue weighted by atomic mass is 9.74. The lowest BCUT2D eigenvalue weighted by molar-refractivity contribution is -0.137. The van der Waals surface area contributed by atoms with E-state index in [0.29, 0.717) is 31.5 Å². The van der Waals surface area contributed by atoms with E-state index in [1.165, 1.54) is 12.1 Å². The summed E-state index contributed by atoms with van der Waals surface area (Å²) < 4.78 is 37.4. The highest BCUT2D eigenvalue weighted by atomic mass is 35.5. The van der Waals surface area contributed by atoms with Crippen LogP contribution in [-0.4, -0.2) is 13.1 Å². The molecule has 0 saturated carbocycles. The molecule has 6 heteroatoms. The molecule has 1 N–H and O–H groups in total. The van der Waals surface area contributed by atoms with Gasteiger partial charge in [-0.25, -0.2) is 0 Å². The van der Waals surface area contributed by atoms with Crippen molar-refractivity contribution in [3.05, 3.63) is 35.4 Å². The Morgan fingerprint density at radius 1 is 1.11 bits per heavy atom. The van der Waals surface area contributed by atoms with Gasteiger partial charge in [0, 0.05) is 0 Å². The van der Waals surface area contributed by atoms with Gasteiger partial charge in [0.15, 0.2) is 0 Å². The van der Waals surface area contributed by atoms with E-state index in [-0.39, 0.29) is 12.4 Å². The predicted molar refractivity (Wildman–Crippen MR) is 68.1 cm³/mol. The van der Waals surface area contributed by atoms with Crippen molar-refractivity contribution in [3.63, 3.8) is 0 Å². The number of benzene rings is 1. The molecule has 2 rings (SSSR count). The Morgan fingerprint density at radius 3 is 2.05 bits per heavy atom. The first-order valence-corrected chi connectivity index (χ1v) is 5.78. The molecule has 104 valence electrons. The van der Waals surface area contributed by atoms with Crippen LogP contribution in [0.1, 0.15) is 24.0 Å². The first-order valence-electron chi connectivity index (χ1n) is 5.78. The van der Waals surface area contributed by atoms with Gasteiger partial charge in [0.05, 0.1) is 17.0 Å². The number of piperidine rings is 1. The number of nitriles is 1. The fourth-order valence-electron chi connectivity index (χ4n) is 2.30. The van der Waals surface area contributed by atoms with Crippen molar-refractivity contribution in [3.8, 4) is 6.07 Å². The summed E-state index contributed by atoms with van der Waals surface area (Å²) >= 11 is 0. The lowest BCUT2D eigenvalue weighted by Gasteiger charge is -2.31. The average molecular weight is 291 g/mol. The van der Waals surface area contributed by atoms with Crippen LogP contribution in [0.15, 0.2) is 24.3 Å². The molecule has 1 aliphatic heterocycles. The highest BCUT2D eigenvalue weighted by Gasteiger charge is 2.35. The number of hydrogen-bond donors (Lipinski definition) is 1. The minimum atomic E-state index is -4.33. The summed E-state index contributed by atoms with van der Waals surface area (Å²) in [6.07, 6.45) is -3.06. The topological polar surface area (TPSA) is 35.8 Å². The number of halogens is 4. The van der Waals surface area contributed by atoms with Gasteiger partial charge in [0.25, 0.3) is 0 Å². The van der Waals surface area contributed by atoms with E-state index in [1.807, 2.05) is 0 Å². The van der Waals surface area contributed by atoms with Gasteiger partial charge in [0.2, 0.25) is 0 Å². The van der Waals surface area contributed by atoms with Crippen LogP contribution in [0.3, 0.4) is 0 Å². The Kier molecular flexibility index (Phi) is 4.83. The quantitative estimate of drug-likeness (QED) is 0.861. The maximum atomic E-state index is 12.5. The zero-order valence-electron chi connectivity index (χ0n) is 10.1. The molecule has 2 nitrogen and oxygen atoms in total. The predicted octanol–water partition coefficient (Wildman–Crippen LogP) is 3.27. The molecule has 1 saturated heterocycles. The van der Waals surface area contributed by atoms with E-state index in [4.69, 9.17) is 0 Å². The summed E-state index contributed by atoms with van der Waals surface area (Å²) in [5.74, 6) is 0. The van der Waals surface area contributed by atoms with E-state index >= 15 is 0 Å². The molecule has 1 aromatic rings. The van der Waals surface area contributed by atoms with Gasteiger partial charge >= 0.3 is 6.18 Å². The van der Waals surface area contributed by atoms with E-state index in [9.17, 15) is 18.4 Å². The third-order valence-corrected chi connectivity index (χ3v) is 3.44. The van der Waals surface area contributed by atoms with Crippen LogP contribution in [-0.2, 0) is 11.6 Å². The van der Waals surface area contributed by atoms with Crippen molar-refractivity contribution in [1.29, 1.82) is 5.26 Å². The summed E-state index contributed by atoms with van der Waals surface area (Å²) in [4.78, 5) is 0. The molecule has 1 aliphatic rings. The van der Waals surface area contributed by atoms with Gasteiger partial charge in [-0.3, -0.25) is 0 Å². The van der Waals surface area contributed by atoms with Gasteiger partial charge < -0.3 is 5.32 Å². The maximum absolute atomic E-state index is 12.5. The van der Waals surface area contributed by atoms with E-state index in [1.54, 1.807) is 0 Å². The van der Waals surface area contributed by atoms with E-state index in [0.717, 1.165) is 12.1 Å². The average Bonchev–Trinajstić information content (AvgIpc) is 2.39. The van der Waals surface area contributed by atoms with Crippen molar-refractivity contribution in [2.75, 3.05) is 13.1 Å². The minimum Gasteiger partial charge on any atom is -0.317 e. The third kappa shape index (κ3) is 3.20. The van der Waals surface area contributed by atoms with Crippen LogP contribution in [0, 0.1) is 11.3 Å². The Balaban J connectivity index is 0.00000180. The van der Waals surface area contributed by atoms with Gasteiger partial charge in [-0.05, 0) is 43.6 Å². The third-order valence-electron chi connectivity index (χ3n) is 3.44. The van der Waals surface area contributed by atoms with Gasteiger partial charge in [-0.1, -0.05) is 12.1 Å². The first kappa shape index (κ1) is 15.8. The summed E-state index contributed by atoms with van der Waals surface area (Å²) in [5.41, 5.74) is -0.636. The summed E-state index contributed by atoms with van der Waals surface area (Å²) in [7, 11) is 0. The normalized spacial score (nSPS) is 18.2. The Labute approximate surface area is 116 Å². The first-order chi connectivity index (χ1) is 8.48. The summed E-state index contributed by atoms with van der Waals surface area (Å²) in [6, 6.07) is 7.23. The van der Waals surface area contributed by atoms with Crippen LogP contribution in [0.2, 0.25) is 0 Å². The second kappa shape index (κ2) is 5.81.